The first-order valence-electron chi connectivity index (χ1n) is 8.30. The summed E-state index contributed by atoms with van der Waals surface area (Å²) in [7, 11) is 0. The second-order valence-corrected chi connectivity index (χ2v) is 6.04. The van der Waals surface area contributed by atoms with Crippen LogP contribution in [0.2, 0.25) is 0 Å². The van der Waals surface area contributed by atoms with Crippen LogP contribution in [0.15, 0.2) is 24.3 Å². The van der Waals surface area contributed by atoms with Crippen LogP contribution in [0.1, 0.15) is 45.1 Å². The van der Waals surface area contributed by atoms with Gasteiger partial charge in [-0.25, -0.2) is 0 Å². The van der Waals surface area contributed by atoms with E-state index in [9.17, 15) is 0 Å². The molecule has 0 amide bonds. The van der Waals surface area contributed by atoms with Crippen molar-refractivity contribution in [2.75, 3.05) is 19.8 Å². The predicted molar refractivity (Wildman–Crippen MR) is 86.7 cm³/mol. The van der Waals surface area contributed by atoms with Gasteiger partial charge in [0.1, 0.15) is 12.4 Å². The van der Waals surface area contributed by atoms with Gasteiger partial charge in [-0.05, 0) is 43.4 Å². The first-order valence-corrected chi connectivity index (χ1v) is 8.30. The van der Waals surface area contributed by atoms with E-state index in [4.69, 9.17) is 9.47 Å². The molecule has 0 aliphatic heterocycles. The normalized spacial score (nSPS) is 22.2. The van der Waals surface area contributed by atoms with Gasteiger partial charge in [-0.2, -0.15) is 0 Å². The van der Waals surface area contributed by atoms with Crippen LogP contribution in [0, 0.1) is 5.92 Å². The summed E-state index contributed by atoms with van der Waals surface area (Å²) in [5.41, 5.74) is 1.29. The van der Waals surface area contributed by atoms with Crippen LogP contribution in [0.5, 0.6) is 5.75 Å². The largest absolute Gasteiger partial charge is 0.491 e. The van der Waals surface area contributed by atoms with Gasteiger partial charge in [-0.1, -0.05) is 31.9 Å². The van der Waals surface area contributed by atoms with E-state index in [-0.39, 0.29) is 0 Å². The molecule has 2 atom stereocenters. The molecule has 0 spiro atoms. The molecule has 1 saturated carbocycles. The van der Waals surface area contributed by atoms with Crippen molar-refractivity contribution in [3.63, 3.8) is 0 Å². The molecule has 1 aliphatic carbocycles. The molecule has 1 fully saturated rings. The smallest absolute Gasteiger partial charge is 0.119 e. The van der Waals surface area contributed by atoms with Gasteiger partial charge in [0, 0.05) is 19.2 Å². The predicted octanol–water partition coefficient (Wildman–Crippen LogP) is 3.77. The fraction of sp³-hybridized carbons (Fsp3) is 0.667. The van der Waals surface area contributed by atoms with Crippen molar-refractivity contribution in [3.8, 4) is 5.75 Å². The molecule has 0 aromatic heterocycles. The van der Waals surface area contributed by atoms with E-state index < -0.39 is 0 Å². The van der Waals surface area contributed by atoms with E-state index in [0.29, 0.717) is 19.3 Å². The van der Waals surface area contributed by atoms with Crippen LogP contribution in [0.3, 0.4) is 0 Å². The van der Waals surface area contributed by atoms with Crippen molar-refractivity contribution in [2.45, 2.75) is 52.1 Å². The highest BCUT2D eigenvalue weighted by molar-refractivity contribution is 5.28. The summed E-state index contributed by atoms with van der Waals surface area (Å²) in [4.78, 5) is 0. The van der Waals surface area contributed by atoms with Crippen LogP contribution in [-0.4, -0.2) is 25.9 Å². The quantitative estimate of drug-likeness (QED) is 0.740. The average Bonchev–Trinajstić information content (AvgIpc) is 2.50. The molecule has 0 saturated heterocycles. The Hall–Kier alpha value is -1.06. The fourth-order valence-electron chi connectivity index (χ4n) is 2.99. The molecular weight excluding hydrogens is 262 g/mol. The zero-order valence-electron chi connectivity index (χ0n) is 13.4. The van der Waals surface area contributed by atoms with Crippen molar-refractivity contribution in [2.24, 2.45) is 5.92 Å². The zero-order chi connectivity index (χ0) is 14.9. The summed E-state index contributed by atoms with van der Waals surface area (Å²) in [6.07, 6.45) is 5.38. The van der Waals surface area contributed by atoms with E-state index in [0.717, 1.165) is 24.8 Å². The Labute approximate surface area is 129 Å². The molecule has 1 N–H and O–H groups in total. The lowest BCUT2D eigenvalue weighted by Crippen LogP contribution is -2.33. The Bertz CT molecular complexity index is 408. The molecule has 0 bridgehead atoms. The van der Waals surface area contributed by atoms with Crippen molar-refractivity contribution in [3.05, 3.63) is 29.8 Å². The van der Waals surface area contributed by atoms with Gasteiger partial charge in [-0.15, -0.1) is 0 Å². The van der Waals surface area contributed by atoms with Gasteiger partial charge in [-0.3, -0.25) is 0 Å². The maximum atomic E-state index is 5.70. The Morgan fingerprint density at radius 3 is 2.95 bits per heavy atom. The summed E-state index contributed by atoms with van der Waals surface area (Å²) in [6.45, 7) is 7.30. The number of rotatable bonds is 8. The van der Waals surface area contributed by atoms with Gasteiger partial charge < -0.3 is 14.8 Å². The molecule has 3 heteroatoms. The van der Waals surface area contributed by atoms with Crippen LogP contribution in [-0.2, 0) is 11.3 Å². The lowest BCUT2D eigenvalue weighted by Gasteiger charge is -2.27. The van der Waals surface area contributed by atoms with Crippen molar-refractivity contribution in [1.82, 2.24) is 5.32 Å². The first-order chi connectivity index (χ1) is 10.3. The summed E-state index contributed by atoms with van der Waals surface area (Å²) < 4.78 is 11.0. The van der Waals surface area contributed by atoms with Gasteiger partial charge in [0.25, 0.3) is 0 Å². The van der Waals surface area contributed by atoms with E-state index in [1.807, 2.05) is 13.0 Å². The van der Waals surface area contributed by atoms with E-state index in [2.05, 4.69) is 30.4 Å². The Kier molecular flexibility index (Phi) is 7.04. The van der Waals surface area contributed by atoms with E-state index in [1.54, 1.807) is 0 Å². The summed E-state index contributed by atoms with van der Waals surface area (Å²) >= 11 is 0. The third kappa shape index (κ3) is 6.06. The van der Waals surface area contributed by atoms with Crippen LogP contribution in [0.25, 0.3) is 0 Å². The van der Waals surface area contributed by atoms with Crippen LogP contribution >= 0.6 is 0 Å². The highest BCUT2D eigenvalue weighted by Crippen LogP contribution is 2.24. The third-order valence-electron chi connectivity index (χ3n) is 4.13. The van der Waals surface area contributed by atoms with Crippen molar-refractivity contribution < 1.29 is 9.47 Å². The number of ether oxygens (including phenoxy) is 2. The molecule has 118 valence electrons. The molecule has 2 rings (SSSR count). The van der Waals surface area contributed by atoms with E-state index >= 15 is 0 Å². The monoisotopic (exact) mass is 291 g/mol. The molecule has 0 radical (unpaired) electrons. The summed E-state index contributed by atoms with van der Waals surface area (Å²) in [5, 5.41) is 3.69. The summed E-state index contributed by atoms with van der Waals surface area (Å²) in [5.74, 6) is 1.80. The SMILES string of the molecule is CCOCCOc1cccc(CNC2CCCC(C)C2)c1. The second-order valence-electron chi connectivity index (χ2n) is 6.04. The first kappa shape index (κ1) is 16.3. The third-order valence-corrected chi connectivity index (χ3v) is 4.13. The van der Waals surface area contributed by atoms with Gasteiger partial charge in [0.15, 0.2) is 0 Å². The minimum absolute atomic E-state index is 0.616. The Balaban J connectivity index is 1.75. The van der Waals surface area contributed by atoms with Gasteiger partial charge in [0.05, 0.1) is 6.61 Å². The van der Waals surface area contributed by atoms with Gasteiger partial charge >= 0.3 is 0 Å². The van der Waals surface area contributed by atoms with Crippen LogP contribution in [0.4, 0.5) is 0 Å². The standard InChI is InChI=1S/C18H29NO2/c1-3-20-10-11-21-18-9-5-7-16(13-18)14-19-17-8-4-6-15(2)12-17/h5,7,9,13,15,17,19H,3-4,6,8,10-12,14H2,1-2H3. The molecule has 3 nitrogen and oxygen atoms in total. The topological polar surface area (TPSA) is 30.5 Å². The van der Waals surface area contributed by atoms with E-state index in [1.165, 1.54) is 31.2 Å². The number of hydrogen-bond acceptors (Lipinski definition) is 3. The highest BCUT2D eigenvalue weighted by atomic mass is 16.5. The number of benzene rings is 1. The minimum Gasteiger partial charge on any atom is -0.491 e. The average molecular weight is 291 g/mol. The molecule has 1 aromatic carbocycles. The van der Waals surface area contributed by atoms with Crippen LogP contribution < -0.4 is 10.1 Å². The lowest BCUT2D eigenvalue weighted by molar-refractivity contribution is 0.110. The highest BCUT2D eigenvalue weighted by Gasteiger charge is 2.17. The minimum atomic E-state index is 0.616. The van der Waals surface area contributed by atoms with Gasteiger partial charge in [0.2, 0.25) is 0 Å². The second kappa shape index (κ2) is 9.06. The Morgan fingerprint density at radius 1 is 1.24 bits per heavy atom. The maximum Gasteiger partial charge on any atom is 0.119 e. The number of nitrogens with one attached hydrogen (secondary N) is 1. The molecule has 21 heavy (non-hydrogen) atoms. The molecule has 0 heterocycles. The maximum absolute atomic E-state index is 5.70. The molecule has 2 unspecified atom stereocenters. The number of hydrogen-bond donors (Lipinski definition) is 1. The molecule has 1 aromatic rings. The van der Waals surface area contributed by atoms with Crippen molar-refractivity contribution >= 4 is 0 Å². The Morgan fingerprint density at radius 2 is 2.14 bits per heavy atom. The summed E-state index contributed by atoms with van der Waals surface area (Å²) in [6, 6.07) is 9.05. The lowest BCUT2D eigenvalue weighted by atomic mass is 9.87. The molecular formula is C18H29NO2. The fourth-order valence-corrected chi connectivity index (χ4v) is 2.99. The van der Waals surface area contributed by atoms with Crippen molar-refractivity contribution in [1.29, 1.82) is 0 Å². The molecule has 1 aliphatic rings. The zero-order valence-corrected chi connectivity index (χ0v) is 13.4.